The van der Waals surface area contributed by atoms with Crippen LogP contribution in [0.1, 0.15) is 18.1 Å². The van der Waals surface area contributed by atoms with Crippen LogP contribution in [0.2, 0.25) is 0 Å². The first-order chi connectivity index (χ1) is 15.8. The summed E-state index contributed by atoms with van der Waals surface area (Å²) >= 11 is 0. The van der Waals surface area contributed by atoms with Crippen LogP contribution in [0.25, 0.3) is 11.2 Å². The number of aromatic nitrogens is 5. The molecule has 2 N–H and O–H groups in total. The third-order valence-corrected chi connectivity index (χ3v) is 4.81. The van der Waals surface area contributed by atoms with Gasteiger partial charge < -0.3 is 24.5 Å². The Morgan fingerprint density at radius 3 is 2.76 bits per heavy atom. The molecule has 0 spiro atoms. The lowest BCUT2D eigenvalue weighted by atomic mass is 10.2. The molecule has 166 valence electrons. The number of imidazole rings is 1. The molecule has 0 aliphatic carbocycles. The van der Waals surface area contributed by atoms with Gasteiger partial charge in [0.2, 0.25) is 11.9 Å². The summed E-state index contributed by atoms with van der Waals surface area (Å²) in [4.78, 5) is 36.6. The third-order valence-electron chi connectivity index (χ3n) is 4.81. The number of anilines is 3. The van der Waals surface area contributed by atoms with Crippen molar-refractivity contribution in [3.05, 3.63) is 58.3 Å². The van der Waals surface area contributed by atoms with Crippen LogP contribution in [0, 0.1) is 18.3 Å². The van der Waals surface area contributed by atoms with Gasteiger partial charge in [0.1, 0.15) is 34.4 Å². The standard InChI is InChI=1S/C22H20N8O3/c1-12-7-16(21(32)29(3)11-12)27-22-28-20-19(30(22)4)15(9-23)17(10-25-20)33-14-5-6-24-18(8-14)26-13(2)31/h5-8,10-11H,1-4H3,(H,24,26,31)(H,25,27,28). The molecule has 0 aromatic carbocycles. The van der Waals surface area contributed by atoms with Crippen molar-refractivity contribution in [2.45, 2.75) is 13.8 Å². The summed E-state index contributed by atoms with van der Waals surface area (Å²) in [6, 6.07) is 7.01. The van der Waals surface area contributed by atoms with E-state index in [1.165, 1.54) is 30.0 Å². The van der Waals surface area contributed by atoms with Crippen LogP contribution in [0.15, 0.2) is 41.6 Å². The van der Waals surface area contributed by atoms with Crippen molar-refractivity contribution in [1.29, 1.82) is 5.26 Å². The number of carbonyl (C=O) groups excluding carboxylic acids is 1. The van der Waals surface area contributed by atoms with Crippen molar-refractivity contribution in [2.75, 3.05) is 10.6 Å². The predicted octanol–water partition coefficient (Wildman–Crippen LogP) is 2.74. The van der Waals surface area contributed by atoms with Crippen LogP contribution < -0.4 is 20.9 Å². The molecule has 4 heterocycles. The number of aryl methyl sites for hydroxylation is 3. The highest BCUT2D eigenvalue weighted by Gasteiger charge is 2.19. The number of nitrogens with one attached hydrogen (secondary N) is 2. The summed E-state index contributed by atoms with van der Waals surface area (Å²) in [6.45, 7) is 3.26. The van der Waals surface area contributed by atoms with Crippen LogP contribution >= 0.6 is 0 Å². The first kappa shape index (κ1) is 21.5. The second-order valence-electron chi connectivity index (χ2n) is 7.41. The van der Waals surface area contributed by atoms with Gasteiger partial charge in [-0.15, -0.1) is 0 Å². The normalized spacial score (nSPS) is 10.6. The topological polar surface area (TPSA) is 140 Å². The van der Waals surface area contributed by atoms with Gasteiger partial charge in [0.25, 0.3) is 5.56 Å². The summed E-state index contributed by atoms with van der Waals surface area (Å²) in [5.41, 5.74) is 2.03. The quantitative estimate of drug-likeness (QED) is 0.479. The number of ether oxygens (including phenoxy) is 1. The number of hydrogen-bond donors (Lipinski definition) is 2. The van der Waals surface area contributed by atoms with Crippen LogP contribution in [0.5, 0.6) is 11.5 Å². The smallest absolute Gasteiger partial charge is 0.274 e. The monoisotopic (exact) mass is 444 g/mol. The Morgan fingerprint density at radius 2 is 2.03 bits per heavy atom. The minimum Gasteiger partial charge on any atom is -0.454 e. The lowest BCUT2D eigenvalue weighted by Gasteiger charge is -2.10. The van der Waals surface area contributed by atoms with Crippen molar-refractivity contribution in [3.63, 3.8) is 0 Å². The molecule has 0 aliphatic rings. The number of nitriles is 1. The van der Waals surface area contributed by atoms with E-state index >= 15 is 0 Å². The molecule has 33 heavy (non-hydrogen) atoms. The molecular formula is C22H20N8O3. The molecule has 1 amide bonds. The Morgan fingerprint density at radius 1 is 1.24 bits per heavy atom. The highest BCUT2D eigenvalue weighted by molar-refractivity contribution is 5.88. The summed E-state index contributed by atoms with van der Waals surface area (Å²) in [7, 11) is 3.39. The third kappa shape index (κ3) is 4.22. The van der Waals surface area contributed by atoms with E-state index in [2.05, 4.69) is 31.7 Å². The van der Waals surface area contributed by atoms with Crippen LogP contribution in [-0.2, 0) is 18.9 Å². The summed E-state index contributed by atoms with van der Waals surface area (Å²) in [5, 5.41) is 15.5. The Bertz CT molecular complexity index is 1500. The molecule has 0 bridgehead atoms. The van der Waals surface area contributed by atoms with E-state index < -0.39 is 0 Å². The number of nitrogens with zero attached hydrogens (tertiary/aromatic N) is 6. The first-order valence-corrected chi connectivity index (χ1v) is 9.88. The molecule has 0 atom stereocenters. The molecule has 0 unspecified atom stereocenters. The van der Waals surface area contributed by atoms with Gasteiger partial charge in [-0.25, -0.2) is 9.97 Å². The molecule has 4 aromatic rings. The van der Waals surface area contributed by atoms with Crippen molar-refractivity contribution >= 4 is 34.5 Å². The van der Waals surface area contributed by atoms with E-state index in [0.717, 1.165) is 5.56 Å². The molecule has 0 saturated carbocycles. The highest BCUT2D eigenvalue weighted by atomic mass is 16.5. The molecule has 0 aliphatic heterocycles. The van der Waals surface area contributed by atoms with Crippen molar-refractivity contribution in [3.8, 4) is 17.6 Å². The second-order valence-corrected chi connectivity index (χ2v) is 7.41. The maximum atomic E-state index is 12.5. The van der Waals surface area contributed by atoms with Crippen LogP contribution in [-0.4, -0.2) is 30.0 Å². The van der Waals surface area contributed by atoms with E-state index in [1.807, 2.05) is 6.92 Å². The molecule has 4 aromatic heterocycles. The molecule has 0 fully saturated rings. The SMILES string of the molecule is CC(=O)Nc1cc(Oc2cnc3nc(Nc4cc(C)cn(C)c4=O)n(C)c3c2C#N)ccn1. The Labute approximate surface area is 188 Å². The lowest BCUT2D eigenvalue weighted by molar-refractivity contribution is -0.114. The van der Waals surface area contributed by atoms with Gasteiger partial charge in [0.15, 0.2) is 11.4 Å². The van der Waals surface area contributed by atoms with Crippen molar-refractivity contribution in [1.82, 2.24) is 24.1 Å². The lowest BCUT2D eigenvalue weighted by Crippen LogP contribution is -2.20. The number of carbonyl (C=O) groups is 1. The molecule has 0 radical (unpaired) electrons. The van der Waals surface area contributed by atoms with Crippen LogP contribution in [0.3, 0.4) is 0 Å². The van der Waals surface area contributed by atoms with Crippen molar-refractivity contribution < 1.29 is 9.53 Å². The number of hydrogen-bond acceptors (Lipinski definition) is 8. The van der Waals surface area contributed by atoms with Gasteiger partial charge in [-0.2, -0.15) is 10.2 Å². The van der Waals surface area contributed by atoms with E-state index in [-0.39, 0.29) is 22.8 Å². The number of pyridine rings is 3. The largest absolute Gasteiger partial charge is 0.454 e. The van der Waals surface area contributed by atoms with Gasteiger partial charge in [0.05, 0.1) is 6.20 Å². The van der Waals surface area contributed by atoms with E-state index in [4.69, 9.17) is 4.74 Å². The zero-order chi connectivity index (χ0) is 23.7. The van der Waals surface area contributed by atoms with Gasteiger partial charge in [-0.3, -0.25) is 9.59 Å². The van der Waals surface area contributed by atoms with Crippen LogP contribution in [0.4, 0.5) is 17.5 Å². The first-order valence-electron chi connectivity index (χ1n) is 9.88. The minimum absolute atomic E-state index is 0.210. The van der Waals surface area contributed by atoms with Gasteiger partial charge in [0, 0.05) is 39.5 Å². The number of rotatable bonds is 5. The minimum atomic E-state index is -0.265. The Hall–Kier alpha value is -4.72. The van der Waals surface area contributed by atoms with Gasteiger partial charge in [-0.05, 0) is 24.6 Å². The highest BCUT2D eigenvalue weighted by Crippen LogP contribution is 2.31. The Balaban J connectivity index is 1.74. The maximum absolute atomic E-state index is 12.5. The maximum Gasteiger partial charge on any atom is 0.274 e. The van der Waals surface area contributed by atoms with E-state index in [0.29, 0.717) is 34.4 Å². The fourth-order valence-electron chi connectivity index (χ4n) is 3.39. The summed E-state index contributed by atoms with van der Waals surface area (Å²) < 4.78 is 9.00. The van der Waals surface area contributed by atoms with Crippen molar-refractivity contribution in [2.24, 2.45) is 14.1 Å². The van der Waals surface area contributed by atoms with Gasteiger partial charge >= 0.3 is 0 Å². The summed E-state index contributed by atoms with van der Waals surface area (Å²) in [6.07, 6.45) is 4.62. The average molecular weight is 444 g/mol. The summed E-state index contributed by atoms with van der Waals surface area (Å²) in [5.74, 6) is 0.991. The fourth-order valence-corrected chi connectivity index (χ4v) is 3.39. The second kappa shape index (κ2) is 8.43. The molecule has 11 heteroatoms. The zero-order valence-corrected chi connectivity index (χ0v) is 18.4. The zero-order valence-electron chi connectivity index (χ0n) is 18.4. The molecule has 0 saturated heterocycles. The molecular weight excluding hydrogens is 424 g/mol. The fraction of sp³-hybridized carbons (Fsp3) is 0.182. The van der Waals surface area contributed by atoms with Gasteiger partial charge in [-0.1, -0.05) is 0 Å². The number of fused-ring (bicyclic) bond motifs is 1. The molecule has 4 rings (SSSR count). The number of amides is 1. The van der Waals surface area contributed by atoms with E-state index in [1.54, 1.807) is 37.0 Å². The molecule has 11 nitrogen and oxygen atoms in total. The Kier molecular flexibility index (Phi) is 5.49. The predicted molar refractivity (Wildman–Crippen MR) is 122 cm³/mol. The average Bonchev–Trinajstić information content (AvgIpc) is 3.07. The van der Waals surface area contributed by atoms with E-state index in [9.17, 15) is 14.9 Å².